The molecular weight excluding hydrogens is 286 g/mol. The lowest BCUT2D eigenvalue weighted by Crippen LogP contribution is -2.13. The number of carbonyl (C=O) groups excluding carboxylic acids is 1. The molecule has 1 saturated carbocycles. The van der Waals surface area contributed by atoms with Crippen LogP contribution in [-0.4, -0.2) is 22.6 Å². The topological polar surface area (TPSA) is 66.7 Å². The fraction of sp³-hybridized carbons (Fsp3) is 0.562. The average Bonchev–Trinajstić information content (AvgIpc) is 2.94. The molecule has 0 aromatic carbocycles. The van der Waals surface area contributed by atoms with Crippen LogP contribution in [0.5, 0.6) is 0 Å². The highest BCUT2D eigenvalue weighted by atomic mass is 32.1. The minimum absolute atomic E-state index is 0.116. The van der Waals surface area contributed by atoms with E-state index in [0.29, 0.717) is 28.0 Å². The van der Waals surface area contributed by atoms with Crippen molar-refractivity contribution in [3.8, 4) is 0 Å². The summed E-state index contributed by atoms with van der Waals surface area (Å²) >= 11 is 1.12. The fourth-order valence-electron chi connectivity index (χ4n) is 3.04. The minimum Gasteiger partial charge on any atom is -0.477 e. The Kier molecular flexibility index (Phi) is 4.61. The van der Waals surface area contributed by atoms with E-state index in [2.05, 4.69) is 13.8 Å². The van der Waals surface area contributed by atoms with E-state index in [4.69, 9.17) is 4.99 Å². The normalized spacial score (nSPS) is 20.4. The molecule has 1 aliphatic carbocycles. The third-order valence-electron chi connectivity index (χ3n) is 4.10. The number of nitrogens with zero attached hydrogens (tertiary/aromatic N) is 1. The Hall–Kier alpha value is -1.49. The van der Waals surface area contributed by atoms with E-state index in [9.17, 15) is 14.7 Å². The van der Waals surface area contributed by atoms with Gasteiger partial charge in [-0.05, 0) is 50.5 Å². The first-order chi connectivity index (χ1) is 9.82. The predicted molar refractivity (Wildman–Crippen MR) is 85.3 cm³/mol. The molecular formula is C16H21NO3S. The first-order valence-electron chi connectivity index (χ1n) is 7.28. The van der Waals surface area contributed by atoms with E-state index in [1.165, 1.54) is 6.92 Å². The van der Waals surface area contributed by atoms with Crippen molar-refractivity contribution in [1.29, 1.82) is 0 Å². The lowest BCUT2D eigenvalue weighted by atomic mass is 9.93. The highest BCUT2D eigenvalue weighted by Gasteiger charge is 2.27. The third kappa shape index (κ3) is 3.07. The smallest absolute Gasteiger partial charge is 0.346 e. The van der Waals surface area contributed by atoms with Crippen molar-refractivity contribution in [2.45, 2.75) is 47.0 Å². The Balaban J connectivity index is 2.51. The first kappa shape index (κ1) is 15.9. The van der Waals surface area contributed by atoms with Crippen LogP contribution >= 0.6 is 11.3 Å². The van der Waals surface area contributed by atoms with Gasteiger partial charge >= 0.3 is 5.97 Å². The molecule has 21 heavy (non-hydrogen) atoms. The molecule has 1 heterocycles. The average molecular weight is 307 g/mol. The zero-order valence-corrected chi connectivity index (χ0v) is 13.7. The largest absolute Gasteiger partial charge is 0.477 e. The number of rotatable bonds is 4. The number of carboxylic acids is 1. The number of carboxylic acid groups (broad SMARTS) is 1. The molecule has 0 radical (unpaired) electrons. The Morgan fingerprint density at radius 3 is 2.57 bits per heavy atom. The maximum atomic E-state index is 11.9. The van der Waals surface area contributed by atoms with E-state index in [0.717, 1.165) is 36.3 Å². The van der Waals surface area contributed by atoms with Crippen LogP contribution < -0.4 is 0 Å². The standard InChI is InChI=1S/C16H21NO3S/c1-8(2)11-6-5-7-12(11)17-15-13(10(4)18)9(3)14(21-15)16(19)20/h8,11H,5-7H2,1-4H3,(H,19,20)/b17-12+. The van der Waals surface area contributed by atoms with Crippen molar-refractivity contribution in [3.63, 3.8) is 0 Å². The molecule has 2 rings (SSSR count). The maximum absolute atomic E-state index is 11.9. The van der Waals surface area contributed by atoms with Gasteiger partial charge in [-0.1, -0.05) is 13.8 Å². The van der Waals surface area contributed by atoms with Crippen LogP contribution in [0.2, 0.25) is 0 Å². The molecule has 0 saturated heterocycles. The van der Waals surface area contributed by atoms with Crippen LogP contribution in [0.3, 0.4) is 0 Å². The zero-order chi connectivity index (χ0) is 15.7. The molecule has 1 aromatic heterocycles. The number of carbonyl (C=O) groups is 2. The van der Waals surface area contributed by atoms with E-state index < -0.39 is 5.97 Å². The Bertz CT molecular complexity index is 613. The van der Waals surface area contributed by atoms with Gasteiger partial charge < -0.3 is 5.11 Å². The molecule has 1 unspecified atom stereocenters. The summed E-state index contributed by atoms with van der Waals surface area (Å²) in [5.74, 6) is -0.138. The summed E-state index contributed by atoms with van der Waals surface area (Å²) < 4.78 is 0. The number of hydrogen-bond acceptors (Lipinski definition) is 4. The van der Waals surface area contributed by atoms with Gasteiger partial charge in [-0.2, -0.15) is 0 Å². The lowest BCUT2D eigenvalue weighted by molar-refractivity contribution is 0.0701. The van der Waals surface area contributed by atoms with Gasteiger partial charge in [0, 0.05) is 5.71 Å². The van der Waals surface area contributed by atoms with Crippen LogP contribution in [-0.2, 0) is 0 Å². The van der Waals surface area contributed by atoms with Gasteiger partial charge in [0.15, 0.2) is 5.78 Å². The van der Waals surface area contributed by atoms with Crippen LogP contribution in [0, 0.1) is 18.8 Å². The summed E-state index contributed by atoms with van der Waals surface area (Å²) in [5.41, 5.74) is 2.13. The molecule has 1 N–H and O–H groups in total. The van der Waals surface area contributed by atoms with Gasteiger partial charge in [-0.15, -0.1) is 11.3 Å². The minimum atomic E-state index is -0.988. The summed E-state index contributed by atoms with van der Waals surface area (Å²) in [7, 11) is 0. The molecule has 1 aliphatic rings. The molecule has 1 atom stereocenters. The van der Waals surface area contributed by atoms with Gasteiger partial charge in [-0.25, -0.2) is 9.79 Å². The number of aromatic carboxylic acids is 1. The van der Waals surface area contributed by atoms with Crippen molar-refractivity contribution >= 4 is 33.8 Å². The van der Waals surface area contributed by atoms with Gasteiger partial charge in [0.2, 0.25) is 0 Å². The molecule has 0 spiro atoms. The van der Waals surface area contributed by atoms with E-state index in [1.807, 2.05) is 0 Å². The molecule has 5 heteroatoms. The van der Waals surface area contributed by atoms with Crippen LogP contribution in [0.1, 0.15) is 65.6 Å². The summed E-state index contributed by atoms with van der Waals surface area (Å²) in [4.78, 5) is 28.0. The highest BCUT2D eigenvalue weighted by molar-refractivity contribution is 7.18. The predicted octanol–water partition coefficient (Wildman–Crippen LogP) is 4.49. The molecule has 0 amide bonds. The number of ketones is 1. The molecule has 1 fully saturated rings. The second-order valence-corrected chi connectivity index (χ2v) is 6.94. The SMILES string of the molecule is CC(=O)c1c(/N=C2\CCCC2C(C)C)sc(C(=O)O)c1C. The molecule has 1 aromatic rings. The molecule has 0 bridgehead atoms. The van der Waals surface area contributed by atoms with Crippen molar-refractivity contribution in [2.24, 2.45) is 16.8 Å². The second-order valence-electron chi connectivity index (χ2n) is 5.94. The summed E-state index contributed by atoms with van der Waals surface area (Å²) in [6.45, 7) is 7.52. The quantitative estimate of drug-likeness (QED) is 0.834. The lowest BCUT2D eigenvalue weighted by Gasteiger charge is -2.14. The highest BCUT2D eigenvalue weighted by Crippen LogP contribution is 2.38. The molecule has 4 nitrogen and oxygen atoms in total. The maximum Gasteiger partial charge on any atom is 0.346 e. The van der Waals surface area contributed by atoms with Gasteiger partial charge in [0.1, 0.15) is 9.88 Å². The van der Waals surface area contributed by atoms with Crippen LogP contribution in [0.25, 0.3) is 0 Å². The van der Waals surface area contributed by atoms with Gasteiger partial charge in [0.05, 0.1) is 5.56 Å². The zero-order valence-electron chi connectivity index (χ0n) is 12.9. The molecule has 114 valence electrons. The summed E-state index contributed by atoms with van der Waals surface area (Å²) in [5, 5.41) is 9.81. The van der Waals surface area contributed by atoms with Gasteiger partial charge in [0.25, 0.3) is 0 Å². The van der Waals surface area contributed by atoms with E-state index in [1.54, 1.807) is 6.92 Å². The van der Waals surface area contributed by atoms with Crippen molar-refractivity contribution in [2.75, 3.05) is 0 Å². The van der Waals surface area contributed by atoms with Crippen LogP contribution in [0.4, 0.5) is 5.00 Å². The third-order valence-corrected chi connectivity index (χ3v) is 5.27. The van der Waals surface area contributed by atoms with Crippen molar-refractivity contribution in [3.05, 3.63) is 16.0 Å². The number of thiophene rings is 1. The van der Waals surface area contributed by atoms with E-state index >= 15 is 0 Å². The van der Waals surface area contributed by atoms with Crippen LogP contribution in [0.15, 0.2) is 4.99 Å². The number of Topliss-reactive ketones (excluding diaryl/α,β-unsaturated/α-hetero) is 1. The van der Waals surface area contributed by atoms with Gasteiger partial charge in [-0.3, -0.25) is 4.79 Å². The molecule has 0 aliphatic heterocycles. The van der Waals surface area contributed by atoms with E-state index in [-0.39, 0.29) is 10.7 Å². The summed E-state index contributed by atoms with van der Waals surface area (Å²) in [6, 6.07) is 0. The first-order valence-corrected chi connectivity index (χ1v) is 8.09. The number of aliphatic imine (C=N–C) groups is 1. The Morgan fingerprint density at radius 1 is 1.38 bits per heavy atom. The summed E-state index contributed by atoms with van der Waals surface area (Å²) in [6.07, 6.45) is 3.19. The fourth-order valence-corrected chi connectivity index (χ4v) is 4.14. The number of hydrogen-bond donors (Lipinski definition) is 1. The van der Waals surface area contributed by atoms with Crippen molar-refractivity contribution in [1.82, 2.24) is 0 Å². The Labute approximate surface area is 128 Å². The van der Waals surface area contributed by atoms with Crippen molar-refractivity contribution < 1.29 is 14.7 Å². The monoisotopic (exact) mass is 307 g/mol. The Morgan fingerprint density at radius 2 is 2.05 bits per heavy atom. The second kappa shape index (κ2) is 6.10.